The van der Waals surface area contributed by atoms with Crippen LogP contribution >= 0.6 is 0 Å². The van der Waals surface area contributed by atoms with Crippen molar-refractivity contribution in [3.8, 4) is 11.5 Å². The minimum Gasteiger partial charge on any atom is -0.508 e. The van der Waals surface area contributed by atoms with E-state index in [1.807, 2.05) is 13.0 Å². The molecule has 2 unspecified atom stereocenters. The summed E-state index contributed by atoms with van der Waals surface area (Å²) in [5.74, 6) is 1.55. The molecule has 3 N–H and O–H groups in total. The zero-order valence-electron chi connectivity index (χ0n) is 18.2. The van der Waals surface area contributed by atoms with Gasteiger partial charge in [0.05, 0.1) is 12.2 Å². The van der Waals surface area contributed by atoms with Gasteiger partial charge in [0.15, 0.2) is 0 Å². The number of hydrogen-bond acceptors (Lipinski definition) is 4. The van der Waals surface area contributed by atoms with E-state index in [1.165, 1.54) is 0 Å². The third-order valence-electron chi connectivity index (χ3n) is 7.03. The number of benzene rings is 1. The van der Waals surface area contributed by atoms with Crippen molar-refractivity contribution in [3.05, 3.63) is 23.3 Å². The summed E-state index contributed by atoms with van der Waals surface area (Å²) in [7, 11) is 0. The minimum atomic E-state index is -0.301. The quantitative estimate of drug-likeness (QED) is 0.596. The van der Waals surface area contributed by atoms with Gasteiger partial charge in [-0.25, -0.2) is 0 Å². The summed E-state index contributed by atoms with van der Waals surface area (Å²) in [4.78, 5) is 0. The number of unbranched alkanes of at least 4 members (excludes halogenated alkanes) is 1. The van der Waals surface area contributed by atoms with Crippen molar-refractivity contribution in [2.75, 3.05) is 0 Å². The van der Waals surface area contributed by atoms with Gasteiger partial charge in [-0.3, -0.25) is 0 Å². The fourth-order valence-electron chi connectivity index (χ4n) is 5.27. The number of ether oxygens (including phenoxy) is 1. The Morgan fingerprint density at radius 3 is 2.61 bits per heavy atom. The van der Waals surface area contributed by atoms with E-state index in [1.54, 1.807) is 0 Å². The average Bonchev–Trinajstić information content (AvgIpc) is 2.57. The molecule has 4 atom stereocenters. The minimum absolute atomic E-state index is 0.0817. The van der Waals surface area contributed by atoms with Gasteiger partial charge in [0.2, 0.25) is 0 Å². The number of aromatic hydroxyl groups is 1. The van der Waals surface area contributed by atoms with Crippen LogP contribution in [0.2, 0.25) is 0 Å². The Morgan fingerprint density at radius 1 is 1.21 bits per heavy atom. The molecule has 1 aliphatic carbocycles. The average molecular weight is 391 g/mol. The molecule has 0 aromatic heterocycles. The molecule has 0 radical (unpaired) electrons. The van der Waals surface area contributed by atoms with Crippen LogP contribution in [0, 0.1) is 5.92 Å². The van der Waals surface area contributed by atoms with E-state index < -0.39 is 0 Å². The van der Waals surface area contributed by atoms with Crippen LogP contribution in [-0.2, 0) is 5.41 Å². The Morgan fingerprint density at radius 2 is 1.93 bits per heavy atom. The van der Waals surface area contributed by atoms with Gasteiger partial charge in [-0.15, -0.1) is 0 Å². The van der Waals surface area contributed by atoms with Crippen molar-refractivity contribution in [2.45, 2.75) is 109 Å². The summed E-state index contributed by atoms with van der Waals surface area (Å²) >= 11 is 0. The van der Waals surface area contributed by atoms with E-state index in [-0.39, 0.29) is 29.1 Å². The number of aliphatic hydroxyl groups is 2. The highest BCUT2D eigenvalue weighted by atomic mass is 16.5. The maximum absolute atomic E-state index is 10.9. The number of phenols is 1. The molecule has 1 fully saturated rings. The highest BCUT2D eigenvalue weighted by Crippen LogP contribution is 2.55. The van der Waals surface area contributed by atoms with Gasteiger partial charge in [0.25, 0.3) is 0 Å². The van der Waals surface area contributed by atoms with Gasteiger partial charge in [0.1, 0.15) is 17.1 Å². The lowest BCUT2D eigenvalue weighted by Crippen LogP contribution is -2.47. The van der Waals surface area contributed by atoms with E-state index in [2.05, 4.69) is 33.8 Å². The van der Waals surface area contributed by atoms with Crippen molar-refractivity contribution in [3.63, 3.8) is 0 Å². The van der Waals surface area contributed by atoms with E-state index in [0.29, 0.717) is 18.1 Å². The molecule has 1 aliphatic heterocycles. The summed E-state index contributed by atoms with van der Waals surface area (Å²) in [5, 5.41) is 30.6. The number of fused-ring (bicyclic) bond motifs is 3. The largest absolute Gasteiger partial charge is 0.508 e. The first-order chi connectivity index (χ1) is 13.0. The predicted octanol–water partition coefficient (Wildman–Crippen LogP) is 5.03. The Kier molecular flexibility index (Phi) is 6.03. The molecule has 3 rings (SSSR count). The molecule has 4 heteroatoms. The Hall–Kier alpha value is -1.26. The molecule has 158 valence electrons. The fourth-order valence-corrected chi connectivity index (χ4v) is 5.27. The van der Waals surface area contributed by atoms with Crippen LogP contribution < -0.4 is 4.74 Å². The van der Waals surface area contributed by atoms with E-state index >= 15 is 0 Å². The number of phenolic OH excluding ortho intramolecular Hbond substituents is 1. The smallest absolute Gasteiger partial charge is 0.127 e. The molecule has 1 aromatic rings. The molecule has 28 heavy (non-hydrogen) atoms. The molecular weight excluding hydrogens is 352 g/mol. The number of rotatable bonds is 6. The van der Waals surface area contributed by atoms with E-state index in [9.17, 15) is 15.3 Å². The Labute approximate surface area is 169 Å². The van der Waals surface area contributed by atoms with E-state index in [0.717, 1.165) is 55.4 Å². The molecule has 1 aromatic carbocycles. The van der Waals surface area contributed by atoms with Crippen LogP contribution in [0.5, 0.6) is 11.5 Å². The van der Waals surface area contributed by atoms with Gasteiger partial charge < -0.3 is 20.1 Å². The van der Waals surface area contributed by atoms with Gasteiger partial charge in [0, 0.05) is 17.4 Å². The zero-order chi connectivity index (χ0) is 20.7. The molecule has 0 saturated heterocycles. The second kappa shape index (κ2) is 7.87. The lowest BCUT2D eigenvalue weighted by atomic mass is 9.65. The van der Waals surface area contributed by atoms with Gasteiger partial charge in [-0.05, 0) is 76.0 Å². The van der Waals surface area contributed by atoms with Crippen LogP contribution in [-0.4, -0.2) is 33.1 Å². The molecule has 1 saturated carbocycles. The van der Waals surface area contributed by atoms with Gasteiger partial charge >= 0.3 is 0 Å². The maximum atomic E-state index is 10.9. The molecule has 1 heterocycles. The lowest BCUT2D eigenvalue weighted by molar-refractivity contribution is -0.0318. The summed E-state index contributed by atoms with van der Waals surface area (Å²) in [6.07, 6.45) is 5.75. The van der Waals surface area contributed by atoms with Gasteiger partial charge in [-0.2, -0.15) is 0 Å². The van der Waals surface area contributed by atoms with Gasteiger partial charge in [-0.1, -0.05) is 26.7 Å². The van der Waals surface area contributed by atoms with Crippen LogP contribution in [0.25, 0.3) is 0 Å². The van der Waals surface area contributed by atoms with Crippen molar-refractivity contribution in [1.29, 1.82) is 0 Å². The highest BCUT2D eigenvalue weighted by molar-refractivity contribution is 5.53. The van der Waals surface area contributed by atoms with Crippen molar-refractivity contribution < 1.29 is 20.1 Å². The molecule has 2 aliphatic rings. The summed E-state index contributed by atoms with van der Waals surface area (Å²) < 4.78 is 6.42. The van der Waals surface area contributed by atoms with Crippen LogP contribution in [0.4, 0.5) is 0 Å². The Balaban J connectivity index is 1.87. The first kappa shape index (κ1) is 21.4. The highest BCUT2D eigenvalue weighted by Gasteiger charge is 2.47. The molecule has 0 bridgehead atoms. The second-order valence-electron chi connectivity index (χ2n) is 10.3. The van der Waals surface area contributed by atoms with Crippen molar-refractivity contribution >= 4 is 0 Å². The van der Waals surface area contributed by atoms with Crippen LogP contribution in [0.15, 0.2) is 12.1 Å². The topological polar surface area (TPSA) is 69.9 Å². The SMILES string of the molecule is CC(O)CCCCC(C)(C)c1cc(O)c2c(c1)OC(C)(C)[C@@H]1CCC(O)C[C@@H]21. The number of aliphatic hydroxyl groups excluding tert-OH is 2. The van der Waals surface area contributed by atoms with Crippen LogP contribution in [0.3, 0.4) is 0 Å². The normalized spacial score (nSPS) is 27.5. The predicted molar refractivity (Wildman–Crippen MR) is 112 cm³/mol. The lowest BCUT2D eigenvalue weighted by Gasteiger charge is -2.48. The first-order valence-electron chi connectivity index (χ1n) is 10.9. The second-order valence-corrected chi connectivity index (χ2v) is 10.3. The van der Waals surface area contributed by atoms with E-state index in [4.69, 9.17) is 4.74 Å². The molecule has 4 nitrogen and oxygen atoms in total. The molecular formula is C24H38O4. The molecule has 0 amide bonds. The summed E-state index contributed by atoms with van der Waals surface area (Å²) in [5.41, 5.74) is 1.59. The van der Waals surface area contributed by atoms with Crippen molar-refractivity contribution in [2.24, 2.45) is 5.92 Å². The van der Waals surface area contributed by atoms with Crippen molar-refractivity contribution in [1.82, 2.24) is 0 Å². The zero-order valence-corrected chi connectivity index (χ0v) is 18.2. The monoisotopic (exact) mass is 390 g/mol. The fraction of sp³-hybridized carbons (Fsp3) is 0.750. The third-order valence-corrected chi connectivity index (χ3v) is 7.03. The molecule has 0 spiro atoms. The van der Waals surface area contributed by atoms with Crippen LogP contribution in [0.1, 0.15) is 96.6 Å². The third kappa shape index (κ3) is 4.33. The summed E-state index contributed by atoms with van der Waals surface area (Å²) in [6, 6.07) is 4.02. The Bertz CT molecular complexity index is 692. The first-order valence-corrected chi connectivity index (χ1v) is 10.9. The summed E-state index contributed by atoms with van der Waals surface area (Å²) in [6.45, 7) is 10.5. The number of hydrogen-bond donors (Lipinski definition) is 3. The maximum Gasteiger partial charge on any atom is 0.127 e. The standard InChI is InChI=1S/C24H38O4/c1-15(25)8-6-7-11-23(2,3)16-12-20(27)22-18-14-17(26)9-10-19(18)24(4,5)28-21(22)13-16/h12-13,15,17-19,25-27H,6-11,14H2,1-5H3/t15?,17?,18-,19-/m1/s1.